The summed E-state index contributed by atoms with van der Waals surface area (Å²) < 4.78 is 5.05. The van der Waals surface area contributed by atoms with Gasteiger partial charge in [0.1, 0.15) is 11.9 Å². The van der Waals surface area contributed by atoms with Crippen LogP contribution < -0.4 is 10.6 Å². The van der Waals surface area contributed by atoms with E-state index in [-0.39, 0.29) is 13.0 Å². The molecule has 0 aliphatic heterocycles. The molecule has 3 N–H and O–H groups in total. The number of amides is 2. The summed E-state index contributed by atoms with van der Waals surface area (Å²) in [6.07, 6.45) is 0.916. The van der Waals surface area contributed by atoms with E-state index in [1.807, 2.05) is 13.0 Å². The molecule has 0 bridgehead atoms. The quantitative estimate of drug-likeness (QED) is 0.734. The minimum Gasteiger partial charge on any atom is -0.467 e. The Kier molecular flexibility index (Phi) is 5.32. The molecule has 0 fully saturated rings. The van der Waals surface area contributed by atoms with Gasteiger partial charge in [0.15, 0.2) is 0 Å². The van der Waals surface area contributed by atoms with Crippen molar-refractivity contribution in [2.75, 3.05) is 11.9 Å². The van der Waals surface area contributed by atoms with Gasteiger partial charge in [-0.15, -0.1) is 0 Å². The van der Waals surface area contributed by atoms with E-state index in [4.69, 9.17) is 4.42 Å². The maximum Gasteiger partial charge on any atom is 0.313 e. The average Bonchev–Trinajstić information content (AvgIpc) is 3.01. The van der Waals surface area contributed by atoms with Crippen molar-refractivity contribution in [3.8, 4) is 0 Å². The molecule has 2 rings (SSSR count). The van der Waals surface area contributed by atoms with E-state index in [1.165, 1.54) is 6.26 Å². The Hall–Kier alpha value is -2.60. The lowest BCUT2D eigenvalue weighted by atomic mass is 10.2. The molecule has 1 heterocycles. The summed E-state index contributed by atoms with van der Waals surface area (Å²) in [7, 11) is 0. The molecule has 2 aromatic rings. The molecule has 0 radical (unpaired) electrons. The Morgan fingerprint density at radius 2 is 2.05 bits per heavy atom. The lowest BCUT2D eigenvalue weighted by Crippen LogP contribution is -2.36. The molecule has 6 heteroatoms. The second-order valence-electron chi connectivity index (χ2n) is 4.90. The number of hydrogen-bond acceptors (Lipinski definition) is 4. The summed E-state index contributed by atoms with van der Waals surface area (Å²) in [6.45, 7) is 2.06. The lowest BCUT2D eigenvalue weighted by Gasteiger charge is -2.09. The monoisotopic (exact) mass is 302 g/mol. The molecule has 6 nitrogen and oxygen atoms in total. The third-order valence-electron chi connectivity index (χ3n) is 3.06. The van der Waals surface area contributed by atoms with Crippen LogP contribution in [0.5, 0.6) is 0 Å². The van der Waals surface area contributed by atoms with E-state index in [1.54, 1.807) is 30.3 Å². The van der Waals surface area contributed by atoms with Crippen molar-refractivity contribution in [3.05, 3.63) is 54.0 Å². The van der Waals surface area contributed by atoms with Gasteiger partial charge in [-0.2, -0.15) is 0 Å². The number of aryl methyl sites for hydroxylation is 1. The molecule has 1 atom stereocenters. The standard InChI is InChI=1S/C16H18N2O4/c1-11-4-2-5-12(10-11)18-16(21)15(20)17-8-7-13(19)14-6-3-9-22-14/h2-6,9-10,13,19H,7-8H2,1H3,(H,17,20)(H,18,21). The second kappa shape index (κ2) is 7.42. The van der Waals surface area contributed by atoms with Gasteiger partial charge in [0.05, 0.1) is 6.26 Å². The number of carbonyl (C=O) groups excluding carboxylic acids is 2. The summed E-state index contributed by atoms with van der Waals surface area (Å²) in [4.78, 5) is 23.4. The molecule has 0 aliphatic carbocycles. The molecule has 0 aliphatic rings. The molecular formula is C16H18N2O4. The zero-order valence-electron chi connectivity index (χ0n) is 12.2. The van der Waals surface area contributed by atoms with Gasteiger partial charge >= 0.3 is 11.8 Å². The number of hydrogen-bond donors (Lipinski definition) is 3. The minimum absolute atomic E-state index is 0.169. The third-order valence-corrected chi connectivity index (χ3v) is 3.06. The minimum atomic E-state index is -0.810. The first-order chi connectivity index (χ1) is 10.6. The highest BCUT2D eigenvalue weighted by Gasteiger charge is 2.15. The molecule has 2 amide bonds. The van der Waals surface area contributed by atoms with E-state index >= 15 is 0 Å². The van der Waals surface area contributed by atoms with Crippen LogP contribution in [0.25, 0.3) is 0 Å². The first-order valence-corrected chi connectivity index (χ1v) is 6.93. The SMILES string of the molecule is Cc1cccc(NC(=O)C(=O)NCCC(O)c2ccco2)c1. The largest absolute Gasteiger partial charge is 0.467 e. The van der Waals surface area contributed by atoms with Crippen molar-refractivity contribution < 1.29 is 19.1 Å². The third kappa shape index (κ3) is 4.46. The van der Waals surface area contributed by atoms with Gasteiger partial charge in [-0.3, -0.25) is 9.59 Å². The smallest absolute Gasteiger partial charge is 0.313 e. The van der Waals surface area contributed by atoms with Crippen molar-refractivity contribution in [1.82, 2.24) is 5.32 Å². The lowest BCUT2D eigenvalue weighted by molar-refractivity contribution is -0.136. The number of benzene rings is 1. The van der Waals surface area contributed by atoms with E-state index in [2.05, 4.69) is 10.6 Å². The highest BCUT2D eigenvalue weighted by atomic mass is 16.4. The molecule has 0 saturated carbocycles. The Morgan fingerprint density at radius 3 is 2.73 bits per heavy atom. The molecule has 0 saturated heterocycles. The van der Waals surface area contributed by atoms with Crippen molar-refractivity contribution in [3.63, 3.8) is 0 Å². The molecule has 22 heavy (non-hydrogen) atoms. The van der Waals surface area contributed by atoms with Crippen LogP contribution in [0.15, 0.2) is 47.1 Å². The number of carbonyl (C=O) groups is 2. The Labute approximate surface area is 128 Å². The topological polar surface area (TPSA) is 91.6 Å². The Morgan fingerprint density at radius 1 is 1.23 bits per heavy atom. The van der Waals surface area contributed by atoms with Crippen LogP contribution in [-0.4, -0.2) is 23.5 Å². The van der Waals surface area contributed by atoms with E-state index < -0.39 is 17.9 Å². The number of furan rings is 1. The molecule has 0 spiro atoms. The zero-order chi connectivity index (χ0) is 15.9. The average molecular weight is 302 g/mol. The second-order valence-corrected chi connectivity index (χ2v) is 4.90. The summed E-state index contributed by atoms with van der Waals surface area (Å²) in [6, 6.07) is 10.5. The fraction of sp³-hybridized carbons (Fsp3) is 0.250. The molecular weight excluding hydrogens is 284 g/mol. The summed E-state index contributed by atoms with van der Waals surface area (Å²) in [5.41, 5.74) is 1.55. The summed E-state index contributed by atoms with van der Waals surface area (Å²) >= 11 is 0. The van der Waals surface area contributed by atoms with Crippen LogP contribution in [0.3, 0.4) is 0 Å². The molecule has 1 aromatic heterocycles. The summed E-state index contributed by atoms with van der Waals surface area (Å²) in [5.74, 6) is -1.05. The number of anilines is 1. The van der Waals surface area contributed by atoms with Crippen molar-refractivity contribution in [1.29, 1.82) is 0 Å². The van der Waals surface area contributed by atoms with Gasteiger partial charge in [0.25, 0.3) is 0 Å². The van der Waals surface area contributed by atoms with Crippen LogP contribution in [0.1, 0.15) is 23.8 Å². The normalized spacial score (nSPS) is 11.7. The number of aliphatic hydroxyl groups excluding tert-OH is 1. The van der Waals surface area contributed by atoms with Gasteiger partial charge in [-0.1, -0.05) is 12.1 Å². The van der Waals surface area contributed by atoms with E-state index in [0.29, 0.717) is 11.4 Å². The van der Waals surface area contributed by atoms with Gasteiger partial charge in [-0.25, -0.2) is 0 Å². The van der Waals surface area contributed by atoms with E-state index in [9.17, 15) is 14.7 Å². The van der Waals surface area contributed by atoms with Gasteiger partial charge in [0.2, 0.25) is 0 Å². The van der Waals surface area contributed by atoms with Crippen molar-refractivity contribution in [2.24, 2.45) is 0 Å². The van der Waals surface area contributed by atoms with Crippen LogP contribution >= 0.6 is 0 Å². The fourth-order valence-corrected chi connectivity index (χ4v) is 1.94. The number of nitrogens with one attached hydrogen (secondary N) is 2. The van der Waals surface area contributed by atoms with Gasteiger partial charge in [0, 0.05) is 12.2 Å². The van der Waals surface area contributed by atoms with Crippen LogP contribution in [0.4, 0.5) is 5.69 Å². The van der Waals surface area contributed by atoms with Gasteiger partial charge in [-0.05, 0) is 43.2 Å². The van der Waals surface area contributed by atoms with Crippen LogP contribution in [-0.2, 0) is 9.59 Å². The first kappa shape index (κ1) is 15.8. The predicted molar refractivity (Wildman–Crippen MR) is 81.1 cm³/mol. The Bertz CT molecular complexity index is 637. The number of aliphatic hydroxyl groups is 1. The van der Waals surface area contributed by atoms with Crippen LogP contribution in [0, 0.1) is 6.92 Å². The number of rotatable bonds is 5. The Balaban J connectivity index is 1.76. The maximum absolute atomic E-state index is 11.7. The zero-order valence-corrected chi connectivity index (χ0v) is 12.2. The molecule has 116 valence electrons. The highest BCUT2D eigenvalue weighted by molar-refractivity contribution is 6.39. The maximum atomic E-state index is 11.7. The van der Waals surface area contributed by atoms with Crippen LogP contribution in [0.2, 0.25) is 0 Å². The molecule has 1 aromatic carbocycles. The van der Waals surface area contributed by atoms with Gasteiger partial charge < -0.3 is 20.2 Å². The van der Waals surface area contributed by atoms with Crippen molar-refractivity contribution in [2.45, 2.75) is 19.4 Å². The first-order valence-electron chi connectivity index (χ1n) is 6.93. The van der Waals surface area contributed by atoms with Crippen molar-refractivity contribution >= 4 is 17.5 Å². The highest BCUT2D eigenvalue weighted by Crippen LogP contribution is 2.15. The van der Waals surface area contributed by atoms with E-state index in [0.717, 1.165) is 5.56 Å². The fourth-order valence-electron chi connectivity index (χ4n) is 1.94. The molecule has 1 unspecified atom stereocenters. The predicted octanol–water partition coefficient (Wildman–Crippen LogP) is 1.77. The summed E-state index contributed by atoms with van der Waals surface area (Å²) in [5, 5.41) is 14.8.